The molecule has 7 heteroatoms. The van der Waals surface area contributed by atoms with Crippen LogP contribution in [-0.2, 0) is 9.47 Å². The summed E-state index contributed by atoms with van der Waals surface area (Å²) >= 11 is 0. The lowest BCUT2D eigenvalue weighted by atomic mass is 10.1. The van der Waals surface area contributed by atoms with Crippen molar-refractivity contribution >= 4 is 17.6 Å². The van der Waals surface area contributed by atoms with Crippen LogP contribution in [0.1, 0.15) is 34.6 Å². The Bertz CT molecular complexity index is 723. The predicted octanol–water partition coefficient (Wildman–Crippen LogP) is 2.70. The van der Waals surface area contributed by atoms with Crippen molar-refractivity contribution in [3.05, 3.63) is 40.4 Å². The fraction of sp³-hybridized carbons (Fsp3) is 0.250. The maximum absolute atomic E-state index is 12.2. The number of nitrogens with zero attached hydrogens (tertiary/aromatic N) is 2. The van der Waals surface area contributed by atoms with E-state index in [0.29, 0.717) is 0 Å². The summed E-state index contributed by atoms with van der Waals surface area (Å²) in [4.78, 5) is 27.5. The fourth-order valence-corrected chi connectivity index (χ4v) is 2.30. The second-order valence-corrected chi connectivity index (χ2v) is 4.54. The molecule has 0 unspecified atom stereocenters. The first-order valence-electron chi connectivity index (χ1n) is 7.01. The zero-order chi connectivity index (χ0) is 17.0. The summed E-state index contributed by atoms with van der Waals surface area (Å²) in [6.45, 7) is 3.47. The molecule has 118 valence electrons. The van der Waals surface area contributed by atoms with Gasteiger partial charge >= 0.3 is 17.6 Å². The Balaban J connectivity index is 2.82. The molecule has 0 bridgehead atoms. The summed E-state index contributed by atoms with van der Waals surface area (Å²) in [6.07, 6.45) is 0. The summed E-state index contributed by atoms with van der Waals surface area (Å²) in [5.41, 5.74) is 0.171. The third kappa shape index (κ3) is 2.92. The zero-order valence-corrected chi connectivity index (χ0v) is 12.7. The van der Waals surface area contributed by atoms with Crippen LogP contribution in [0.2, 0.25) is 0 Å². The quantitative estimate of drug-likeness (QED) is 0.635. The third-order valence-corrected chi connectivity index (χ3v) is 3.19. The first kappa shape index (κ1) is 16.2. The number of fused-ring (bicyclic) bond motifs is 1. The van der Waals surface area contributed by atoms with Crippen LogP contribution in [0.25, 0.3) is 16.1 Å². The molecule has 2 aliphatic carbocycles. The SMILES string of the molecule is CCOC(=O)c1c2ccc([O-])ccc-2c(C(=O)OCC)c1[N+]#N. The molecule has 0 heterocycles. The van der Waals surface area contributed by atoms with Gasteiger partial charge in [-0.25, -0.2) is 9.59 Å². The van der Waals surface area contributed by atoms with Gasteiger partial charge in [0, 0.05) is 11.1 Å². The van der Waals surface area contributed by atoms with Gasteiger partial charge in [-0.2, -0.15) is 0 Å². The van der Waals surface area contributed by atoms with Crippen molar-refractivity contribution in [1.29, 1.82) is 5.39 Å². The van der Waals surface area contributed by atoms with Crippen LogP contribution in [0.4, 0.5) is 5.69 Å². The minimum atomic E-state index is -0.750. The summed E-state index contributed by atoms with van der Waals surface area (Å²) < 4.78 is 9.90. The van der Waals surface area contributed by atoms with Crippen LogP contribution in [-0.4, -0.2) is 25.2 Å². The maximum Gasteiger partial charge on any atom is 0.415 e. The molecule has 0 atom stereocenters. The van der Waals surface area contributed by atoms with E-state index in [1.807, 2.05) is 0 Å². The van der Waals surface area contributed by atoms with Crippen LogP contribution in [0.15, 0.2) is 24.3 Å². The molecular formula is C16H14N2O5. The standard InChI is InChI=1S/C16H14N2O5/c1-3-22-15(20)12-10-7-5-9(19)6-8-11(10)13(14(12)18-17)16(21)23-4-2/h5-8H,3-4H2,1-2H3. The van der Waals surface area contributed by atoms with E-state index in [4.69, 9.17) is 9.47 Å². The van der Waals surface area contributed by atoms with E-state index >= 15 is 0 Å². The normalized spacial score (nSPS) is 10.1. The minimum absolute atomic E-state index is 0.0806. The van der Waals surface area contributed by atoms with Gasteiger partial charge in [0.1, 0.15) is 0 Å². The molecule has 0 fully saturated rings. The highest BCUT2D eigenvalue weighted by atomic mass is 16.5. The molecule has 2 aliphatic rings. The van der Waals surface area contributed by atoms with E-state index in [-0.39, 0.29) is 46.9 Å². The summed E-state index contributed by atoms with van der Waals surface area (Å²) in [5, 5.41) is 20.8. The van der Waals surface area contributed by atoms with Gasteiger partial charge in [0.2, 0.25) is 5.39 Å². The maximum atomic E-state index is 12.2. The van der Waals surface area contributed by atoms with Crippen LogP contribution < -0.4 is 5.11 Å². The molecule has 0 saturated carbocycles. The molecule has 0 spiro atoms. The van der Waals surface area contributed by atoms with Gasteiger partial charge in [-0.05, 0) is 13.8 Å². The number of carbonyl (C=O) groups is 2. The van der Waals surface area contributed by atoms with Gasteiger partial charge in [0.25, 0.3) is 0 Å². The van der Waals surface area contributed by atoms with E-state index < -0.39 is 11.9 Å². The van der Waals surface area contributed by atoms with Crippen molar-refractivity contribution < 1.29 is 24.2 Å². The molecule has 0 saturated heterocycles. The van der Waals surface area contributed by atoms with E-state index in [2.05, 4.69) is 4.98 Å². The number of rotatable bonds is 4. The van der Waals surface area contributed by atoms with Crippen LogP contribution in [0, 0.1) is 5.39 Å². The van der Waals surface area contributed by atoms with Crippen LogP contribution >= 0.6 is 0 Å². The molecule has 0 aromatic heterocycles. The summed E-state index contributed by atoms with van der Waals surface area (Å²) in [6, 6.07) is 5.28. The van der Waals surface area contributed by atoms with Gasteiger partial charge in [0.15, 0.2) is 16.1 Å². The fourth-order valence-electron chi connectivity index (χ4n) is 2.30. The van der Waals surface area contributed by atoms with Gasteiger partial charge < -0.3 is 14.6 Å². The number of carbonyl (C=O) groups excluding carboxylic acids is 2. The van der Waals surface area contributed by atoms with Crippen LogP contribution in [0.5, 0.6) is 5.75 Å². The monoisotopic (exact) mass is 314 g/mol. The van der Waals surface area contributed by atoms with E-state index in [9.17, 15) is 20.1 Å². The number of diazo groups is 1. The number of hydrogen-bond acceptors (Lipinski definition) is 6. The van der Waals surface area contributed by atoms with Crippen molar-refractivity contribution in [1.82, 2.24) is 0 Å². The molecule has 0 aromatic rings. The average Bonchev–Trinajstić information content (AvgIpc) is 2.73. The Morgan fingerprint density at radius 2 is 1.43 bits per heavy atom. The second kappa shape index (κ2) is 6.75. The lowest BCUT2D eigenvalue weighted by Crippen LogP contribution is -2.05. The number of esters is 2. The number of hydrogen-bond donors (Lipinski definition) is 0. The zero-order valence-electron chi connectivity index (χ0n) is 12.7. The third-order valence-electron chi connectivity index (χ3n) is 3.19. The van der Waals surface area contributed by atoms with Crippen molar-refractivity contribution in [3.8, 4) is 16.9 Å². The Hall–Kier alpha value is -3.14. The van der Waals surface area contributed by atoms with Crippen molar-refractivity contribution in [2.75, 3.05) is 13.2 Å². The largest absolute Gasteiger partial charge is 0.872 e. The van der Waals surface area contributed by atoms with Crippen molar-refractivity contribution in [3.63, 3.8) is 0 Å². The molecule has 23 heavy (non-hydrogen) atoms. The lowest BCUT2D eigenvalue weighted by molar-refractivity contribution is -0.268. The Kier molecular flexibility index (Phi) is 4.76. The first-order chi connectivity index (χ1) is 11.0. The molecule has 0 aromatic carbocycles. The topological polar surface area (TPSA) is 104 Å². The van der Waals surface area contributed by atoms with E-state index in [0.717, 1.165) is 0 Å². The highest BCUT2D eigenvalue weighted by Crippen LogP contribution is 2.43. The van der Waals surface area contributed by atoms with Crippen molar-refractivity contribution in [2.45, 2.75) is 13.8 Å². The van der Waals surface area contributed by atoms with Gasteiger partial charge in [0.05, 0.1) is 13.2 Å². The molecule has 0 amide bonds. The minimum Gasteiger partial charge on any atom is -0.872 e. The van der Waals surface area contributed by atoms with Gasteiger partial charge in [-0.1, -0.05) is 24.3 Å². The Morgan fingerprint density at radius 1 is 1.00 bits per heavy atom. The van der Waals surface area contributed by atoms with Gasteiger partial charge in [-0.15, -0.1) is 5.75 Å². The lowest BCUT2D eigenvalue weighted by Gasteiger charge is -2.00. The van der Waals surface area contributed by atoms with Crippen molar-refractivity contribution in [2.24, 2.45) is 0 Å². The van der Waals surface area contributed by atoms with E-state index in [1.54, 1.807) is 13.8 Å². The average molecular weight is 314 g/mol. The molecule has 0 N–H and O–H groups in total. The molecule has 7 nitrogen and oxygen atoms in total. The second-order valence-electron chi connectivity index (χ2n) is 4.54. The number of ether oxygens (including phenoxy) is 2. The van der Waals surface area contributed by atoms with Gasteiger partial charge in [-0.3, -0.25) is 0 Å². The highest BCUT2D eigenvalue weighted by molar-refractivity contribution is 6.16. The highest BCUT2D eigenvalue weighted by Gasteiger charge is 2.40. The first-order valence-corrected chi connectivity index (χ1v) is 7.01. The predicted molar refractivity (Wildman–Crippen MR) is 79.2 cm³/mol. The summed E-state index contributed by atoms with van der Waals surface area (Å²) in [5.74, 6) is -1.80. The molecule has 0 aliphatic heterocycles. The van der Waals surface area contributed by atoms with E-state index in [1.165, 1.54) is 24.3 Å². The molecular weight excluding hydrogens is 300 g/mol. The molecule has 2 rings (SSSR count). The van der Waals surface area contributed by atoms with Crippen LogP contribution in [0.3, 0.4) is 0 Å². The molecule has 0 radical (unpaired) electrons. The smallest absolute Gasteiger partial charge is 0.415 e. The Labute approximate surface area is 132 Å². The summed E-state index contributed by atoms with van der Waals surface area (Å²) in [7, 11) is 0. The Morgan fingerprint density at radius 3 is 1.78 bits per heavy atom.